The van der Waals surface area contributed by atoms with E-state index < -0.39 is 6.61 Å². The van der Waals surface area contributed by atoms with Gasteiger partial charge in [-0.3, -0.25) is 4.79 Å². The number of methoxy groups -OCH3 is 1. The first-order valence-corrected chi connectivity index (χ1v) is 8.57. The zero-order valence-corrected chi connectivity index (χ0v) is 14.5. The van der Waals surface area contributed by atoms with Crippen molar-refractivity contribution in [1.82, 2.24) is 5.32 Å². The molecule has 26 heavy (non-hydrogen) atoms. The predicted octanol–water partition coefficient (Wildman–Crippen LogP) is 4.15. The molecule has 0 spiro atoms. The number of hydrogen-bond acceptors (Lipinski definition) is 3. The first-order chi connectivity index (χ1) is 12.6. The minimum absolute atomic E-state index is 0.0970. The van der Waals surface area contributed by atoms with Gasteiger partial charge in [0.15, 0.2) is 11.5 Å². The van der Waals surface area contributed by atoms with Crippen LogP contribution in [0.5, 0.6) is 11.5 Å². The second-order valence-corrected chi connectivity index (χ2v) is 6.24. The van der Waals surface area contributed by atoms with Gasteiger partial charge in [0.25, 0.3) is 5.91 Å². The van der Waals surface area contributed by atoms with Crippen LogP contribution in [0.15, 0.2) is 42.5 Å². The van der Waals surface area contributed by atoms with E-state index in [1.165, 1.54) is 36.4 Å². The van der Waals surface area contributed by atoms with Gasteiger partial charge in [-0.1, -0.05) is 24.3 Å². The number of rotatable bonds is 6. The highest BCUT2D eigenvalue weighted by Gasteiger charge is 2.21. The Labute approximate surface area is 151 Å². The molecule has 2 aromatic carbocycles. The number of halogens is 2. The molecular weight excluding hydrogens is 340 g/mol. The minimum Gasteiger partial charge on any atom is -0.493 e. The molecule has 0 radical (unpaired) electrons. The van der Waals surface area contributed by atoms with Gasteiger partial charge in [0.2, 0.25) is 0 Å². The third-order valence-corrected chi connectivity index (χ3v) is 4.64. The van der Waals surface area contributed by atoms with E-state index >= 15 is 0 Å². The zero-order valence-electron chi connectivity index (χ0n) is 14.5. The van der Waals surface area contributed by atoms with Gasteiger partial charge in [-0.05, 0) is 48.6 Å². The Morgan fingerprint density at radius 3 is 2.81 bits per heavy atom. The summed E-state index contributed by atoms with van der Waals surface area (Å²) in [5.41, 5.74) is 2.97. The fraction of sp³-hybridized carbons (Fsp3) is 0.350. The molecule has 1 amide bonds. The number of benzene rings is 2. The molecule has 1 unspecified atom stereocenters. The van der Waals surface area contributed by atoms with E-state index in [0.717, 1.165) is 19.3 Å². The Morgan fingerprint density at radius 1 is 1.23 bits per heavy atom. The molecule has 0 saturated carbocycles. The van der Waals surface area contributed by atoms with Crippen LogP contribution < -0.4 is 14.8 Å². The second-order valence-electron chi connectivity index (χ2n) is 6.24. The van der Waals surface area contributed by atoms with Crippen LogP contribution in [0, 0.1) is 0 Å². The summed E-state index contributed by atoms with van der Waals surface area (Å²) in [5, 5.41) is 2.94. The monoisotopic (exact) mass is 361 g/mol. The van der Waals surface area contributed by atoms with Crippen molar-refractivity contribution in [2.75, 3.05) is 13.7 Å². The molecule has 0 fully saturated rings. The van der Waals surface area contributed by atoms with E-state index in [1.54, 1.807) is 0 Å². The number of carbonyl (C=O) groups excluding carboxylic acids is 1. The molecule has 1 aliphatic rings. The van der Waals surface area contributed by atoms with Crippen LogP contribution in [0.4, 0.5) is 8.78 Å². The Kier molecular flexibility index (Phi) is 5.71. The van der Waals surface area contributed by atoms with Crippen LogP contribution in [-0.4, -0.2) is 26.2 Å². The Balaban J connectivity index is 1.67. The fourth-order valence-electron chi connectivity index (χ4n) is 3.39. The highest BCUT2D eigenvalue weighted by atomic mass is 19.3. The molecular formula is C20H21F2NO3. The first kappa shape index (κ1) is 18.2. The van der Waals surface area contributed by atoms with Crippen molar-refractivity contribution in [3.63, 3.8) is 0 Å². The fourth-order valence-corrected chi connectivity index (χ4v) is 3.39. The summed E-state index contributed by atoms with van der Waals surface area (Å²) in [4.78, 5) is 12.4. The summed E-state index contributed by atoms with van der Waals surface area (Å²) in [6.45, 7) is -2.41. The van der Waals surface area contributed by atoms with E-state index in [1.807, 2.05) is 12.1 Å². The minimum atomic E-state index is -2.95. The van der Waals surface area contributed by atoms with E-state index in [-0.39, 0.29) is 23.3 Å². The summed E-state index contributed by atoms with van der Waals surface area (Å²) in [6, 6.07) is 12.5. The number of fused-ring (bicyclic) bond motifs is 1. The highest BCUT2D eigenvalue weighted by Crippen LogP contribution is 2.31. The normalized spacial score (nSPS) is 16.1. The summed E-state index contributed by atoms with van der Waals surface area (Å²) in [6.07, 6.45) is 3.20. The SMILES string of the molecule is COc1cc(C(=O)NCC2CCCc3ccccc32)ccc1OC(F)F. The number of alkyl halides is 2. The van der Waals surface area contributed by atoms with E-state index in [9.17, 15) is 13.6 Å². The van der Waals surface area contributed by atoms with Gasteiger partial charge in [0.1, 0.15) is 0 Å². The Bertz CT molecular complexity index is 779. The second kappa shape index (κ2) is 8.17. The van der Waals surface area contributed by atoms with Crippen molar-refractivity contribution >= 4 is 5.91 Å². The highest BCUT2D eigenvalue weighted by molar-refractivity contribution is 5.94. The van der Waals surface area contributed by atoms with Gasteiger partial charge in [0, 0.05) is 18.0 Å². The number of ether oxygens (including phenoxy) is 2. The summed E-state index contributed by atoms with van der Waals surface area (Å²) in [7, 11) is 1.34. The molecule has 0 aromatic heterocycles. The van der Waals surface area contributed by atoms with Gasteiger partial charge in [0.05, 0.1) is 7.11 Å². The molecule has 3 rings (SSSR count). The van der Waals surface area contributed by atoms with Crippen molar-refractivity contribution in [3.8, 4) is 11.5 Å². The van der Waals surface area contributed by atoms with Crippen LogP contribution in [0.1, 0.15) is 40.2 Å². The Hall–Kier alpha value is -2.63. The number of hydrogen-bond donors (Lipinski definition) is 1. The third kappa shape index (κ3) is 4.12. The Morgan fingerprint density at radius 2 is 2.04 bits per heavy atom. The average molecular weight is 361 g/mol. The molecule has 2 aromatic rings. The van der Waals surface area contributed by atoms with Crippen molar-refractivity contribution < 1.29 is 23.0 Å². The van der Waals surface area contributed by atoms with Crippen LogP contribution in [-0.2, 0) is 6.42 Å². The maximum atomic E-state index is 12.4. The standard InChI is InChI=1S/C20H21F2NO3/c1-25-18-11-14(9-10-17(18)26-20(21)22)19(24)23-12-15-7-4-6-13-5-2-3-8-16(13)15/h2-3,5,8-11,15,20H,4,6-7,12H2,1H3,(H,23,24). The molecule has 0 aliphatic heterocycles. The molecule has 1 atom stereocenters. The molecule has 1 N–H and O–H groups in total. The number of aryl methyl sites for hydroxylation is 1. The van der Waals surface area contributed by atoms with Crippen molar-refractivity contribution in [1.29, 1.82) is 0 Å². The molecule has 4 nitrogen and oxygen atoms in total. The molecule has 0 saturated heterocycles. The molecule has 0 heterocycles. The van der Waals surface area contributed by atoms with Crippen LogP contribution >= 0.6 is 0 Å². The topological polar surface area (TPSA) is 47.6 Å². The van der Waals surface area contributed by atoms with Crippen molar-refractivity contribution in [2.45, 2.75) is 31.8 Å². The number of amides is 1. The lowest BCUT2D eigenvalue weighted by molar-refractivity contribution is -0.0512. The molecule has 138 valence electrons. The largest absolute Gasteiger partial charge is 0.493 e. The predicted molar refractivity (Wildman–Crippen MR) is 94.1 cm³/mol. The maximum Gasteiger partial charge on any atom is 0.387 e. The van der Waals surface area contributed by atoms with Crippen LogP contribution in [0.25, 0.3) is 0 Å². The third-order valence-electron chi connectivity index (χ3n) is 4.64. The van der Waals surface area contributed by atoms with Crippen molar-refractivity contribution in [3.05, 3.63) is 59.2 Å². The van der Waals surface area contributed by atoms with Gasteiger partial charge >= 0.3 is 6.61 Å². The molecule has 0 bridgehead atoms. The van der Waals surface area contributed by atoms with Crippen LogP contribution in [0.2, 0.25) is 0 Å². The molecule has 6 heteroatoms. The summed E-state index contributed by atoms with van der Waals surface area (Å²) < 4.78 is 34.2. The number of carbonyl (C=O) groups is 1. The van der Waals surface area contributed by atoms with Gasteiger partial charge in [-0.2, -0.15) is 8.78 Å². The van der Waals surface area contributed by atoms with E-state index in [0.29, 0.717) is 12.1 Å². The average Bonchev–Trinajstić information content (AvgIpc) is 2.66. The van der Waals surface area contributed by atoms with E-state index in [4.69, 9.17) is 4.74 Å². The zero-order chi connectivity index (χ0) is 18.5. The van der Waals surface area contributed by atoms with E-state index in [2.05, 4.69) is 22.2 Å². The lowest BCUT2D eigenvalue weighted by Crippen LogP contribution is -2.30. The lowest BCUT2D eigenvalue weighted by Gasteiger charge is -2.25. The number of nitrogens with one attached hydrogen (secondary N) is 1. The molecule has 1 aliphatic carbocycles. The quantitative estimate of drug-likeness (QED) is 0.841. The van der Waals surface area contributed by atoms with Gasteiger partial charge in [-0.25, -0.2) is 0 Å². The summed E-state index contributed by atoms with van der Waals surface area (Å²) in [5.74, 6) is 0.0170. The van der Waals surface area contributed by atoms with Gasteiger partial charge < -0.3 is 14.8 Å². The first-order valence-electron chi connectivity index (χ1n) is 8.57. The van der Waals surface area contributed by atoms with Gasteiger partial charge in [-0.15, -0.1) is 0 Å². The lowest BCUT2D eigenvalue weighted by atomic mass is 9.83. The van der Waals surface area contributed by atoms with Crippen LogP contribution in [0.3, 0.4) is 0 Å². The summed E-state index contributed by atoms with van der Waals surface area (Å²) >= 11 is 0. The maximum absolute atomic E-state index is 12.4. The van der Waals surface area contributed by atoms with Crippen molar-refractivity contribution in [2.24, 2.45) is 0 Å². The smallest absolute Gasteiger partial charge is 0.387 e.